The minimum Gasteiger partial charge on any atom is -0.466 e. The van der Waals surface area contributed by atoms with Gasteiger partial charge < -0.3 is 15.5 Å². The maximum atomic E-state index is 13.6. The van der Waals surface area contributed by atoms with Gasteiger partial charge in [-0.05, 0) is 32.9 Å². The molecule has 0 unspecified atom stereocenters. The highest BCUT2D eigenvalue weighted by molar-refractivity contribution is 6.07. The molecule has 0 aliphatic rings. The number of rotatable bonds is 2. The van der Waals surface area contributed by atoms with E-state index in [0.717, 1.165) is 5.56 Å². The Kier molecular flexibility index (Phi) is 3.29. The number of anilines is 2. The van der Waals surface area contributed by atoms with Crippen LogP contribution in [0.1, 0.15) is 27.4 Å². The summed E-state index contributed by atoms with van der Waals surface area (Å²) in [5.74, 6) is 0.180. The van der Waals surface area contributed by atoms with Gasteiger partial charge in [-0.15, -0.1) is 0 Å². The van der Waals surface area contributed by atoms with Gasteiger partial charge in [0.15, 0.2) is 0 Å². The molecule has 0 spiro atoms. The Bertz CT molecular complexity index is 627. The predicted molar refractivity (Wildman–Crippen MR) is 71.7 cm³/mol. The molecule has 19 heavy (non-hydrogen) atoms. The van der Waals surface area contributed by atoms with Crippen LogP contribution in [0.25, 0.3) is 0 Å². The largest absolute Gasteiger partial charge is 0.466 e. The predicted octanol–water partition coefficient (Wildman–Crippen LogP) is 3.18. The number of carbonyl (C=O) groups excluding carboxylic acids is 1. The Balaban J connectivity index is 2.36. The Hall–Kier alpha value is -2.30. The number of carbonyl (C=O) groups is 1. The number of halogens is 1. The molecule has 0 bridgehead atoms. The van der Waals surface area contributed by atoms with Crippen LogP contribution in [0.2, 0.25) is 0 Å². The van der Waals surface area contributed by atoms with Crippen molar-refractivity contribution in [2.24, 2.45) is 0 Å². The molecular formula is C14H15FN2O2. The second-order valence-corrected chi connectivity index (χ2v) is 4.37. The molecule has 1 aromatic heterocycles. The molecule has 0 aliphatic heterocycles. The first-order valence-corrected chi connectivity index (χ1v) is 5.83. The molecule has 0 atom stereocenters. The van der Waals surface area contributed by atoms with Gasteiger partial charge in [0.2, 0.25) is 0 Å². The lowest BCUT2D eigenvalue weighted by molar-refractivity contribution is 0.102. The van der Waals surface area contributed by atoms with Gasteiger partial charge in [-0.2, -0.15) is 0 Å². The molecule has 1 aromatic carbocycles. The zero-order valence-electron chi connectivity index (χ0n) is 11.0. The number of nitrogens with two attached hydrogens (primary N) is 1. The molecule has 0 radical (unpaired) electrons. The average molecular weight is 262 g/mol. The number of hydrogen-bond acceptors (Lipinski definition) is 3. The Morgan fingerprint density at radius 1 is 1.26 bits per heavy atom. The van der Waals surface area contributed by atoms with Crippen LogP contribution in [0.15, 0.2) is 22.6 Å². The van der Waals surface area contributed by atoms with Crippen molar-refractivity contribution in [2.75, 3.05) is 11.1 Å². The molecule has 4 nitrogen and oxygen atoms in total. The van der Waals surface area contributed by atoms with Crippen LogP contribution in [0, 0.1) is 26.6 Å². The normalized spacial score (nSPS) is 10.5. The molecule has 0 saturated carbocycles. The summed E-state index contributed by atoms with van der Waals surface area (Å²) in [6, 6.07) is 4.25. The lowest BCUT2D eigenvalue weighted by Gasteiger charge is -2.09. The first-order chi connectivity index (χ1) is 8.91. The van der Waals surface area contributed by atoms with Gasteiger partial charge in [-0.25, -0.2) is 4.39 Å². The Labute approximate surface area is 110 Å². The van der Waals surface area contributed by atoms with Crippen LogP contribution in [-0.2, 0) is 0 Å². The van der Waals surface area contributed by atoms with Crippen molar-refractivity contribution in [1.82, 2.24) is 0 Å². The van der Waals surface area contributed by atoms with Crippen LogP contribution in [0.4, 0.5) is 15.8 Å². The number of nitrogen functional groups attached to an aromatic ring is 1. The third kappa shape index (κ3) is 2.31. The van der Waals surface area contributed by atoms with Crippen LogP contribution >= 0.6 is 0 Å². The molecule has 2 rings (SSSR count). The van der Waals surface area contributed by atoms with Crippen molar-refractivity contribution in [3.05, 3.63) is 46.7 Å². The van der Waals surface area contributed by atoms with Crippen LogP contribution in [0.5, 0.6) is 0 Å². The van der Waals surface area contributed by atoms with Crippen LogP contribution < -0.4 is 11.1 Å². The van der Waals surface area contributed by atoms with Gasteiger partial charge in [0.25, 0.3) is 5.91 Å². The molecule has 5 heteroatoms. The topological polar surface area (TPSA) is 68.3 Å². The van der Waals surface area contributed by atoms with E-state index in [1.54, 1.807) is 20.8 Å². The molecule has 3 N–H and O–H groups in total. The summed E-state index contributed by atoms with van der Waals surface area (Å²) in [5.41, 5.74) is 6.98. The first kappa shape index (κ1) is 13.1. The summed E-state index contributed by atoms with van der Waals surface area (Å²) in [5, 5.41) is 2.49. The van der Waals surface area contributed by atoms with Crippen molar-refractivity contribution in [3.63, 3.8) is 0 Å². The fraction of sp³-hybridized carbons (Fsp3) is 0.214. The molecule has 0 saturated heterocycles. The van der Waals surface area contributed by atoms with E-state index in [-0.39, 0.29) is 11.4 Å². The van der Waals surface area contributed by atoms with E-state index in [4.69, 9.17) is 10.2 Å². The number of aryl methyl sites for hydroxylation is 2. The lowest BCUT2D eigenvalue weighted by atomic mass is 10.1. The van der Waals surface area contributed by atoms with Gasteiger partial charge in [-0.1, -0.05) is 6.07 Å². The fourth-order valence-electron chi connectivity index (χ4n) is 1.98. The van der Waals surface area contributed by atoms with Crippen molar-refractivity contribution >= 4 is 17.3 Å². The molecule has 1 heterocycles. The van der Waals surface area contributed by atoms with Gasteiger partial charge >= 0.3 is 0 Å². The Morgan fingerprint density at radius 2 is 1.95 bits per heavy atom. The number of para-hydroxylation sites is 1. The molecule has 2 aromatic rings. The van der Waals surface area contributed by atoms with Crippen molar-refractivity contribution < 1.29 is 13.6 Å². The fourth-order valence-corrected chi connectivity index (χ4v) is 1.98. The Morgan fingerprint density at radius 3 is 2.47 bits per heavy atom. The van der Waals surface area contributed by atoms with Crippen LogP contribution in [-0.4, -0.2) is 5.91 Å². The van der Waals surface area contributed by atoms with Gasteiger partial charge in [0.1, 0.15) is 23.0 Å². The number of benzene rings is 1. The van der Waals surface area contributed by atoms with Crippen molar-refractivity contribution in [2.45, 2.75) is 20.8 Å². The second kappa shape index (κ2) is 4.76. The summed E-state index contributed by atoms with van der Waals surface area (Å²) in [6.07, 6.45) is 0. The van der Waals surface area contributed by atoms with Crippen molar-refractivity contribution in [1.29, 1.82) is 0 Å². The summed E-state index contributed by atoms with van der Waals surface area (Å²) in [6.45, 7) is 5.25. The van der Waals surface area contributed by atoms with E-state index in [1.807, 2.05) is 0 Å². The highest BCUT2D eigenvalue weighted by atomic mass is 19.1. The van der Waals surface area contributed by atoms with Gasteiger partial charge in [0.05, 0.1) is 11.3 Å². The number of hydrogen-bond donors (Lipinski definition) is 2. The highest BCUT2D eigenvalue weighted by Crippen LogP contribution is 2.25. The summed E-state index contributed by atoms with van der Waals surface area (Å²) < 4.78 is 19.0. The number of nitrogens with one attached hydrogen (secondary N) is 1. The second-order valence-electron chi connectivity index (χ2n) is 4.37. The molecular weight excluding hydrogens is 247 g/mol. The van der Waals surface area contributed by atoms with Crippen molar-refractivity contribution in [3.8, 4) is 0 Å². The van der Waals surface area contributed by atoms with E-state index in [0.29, 0.717) is 17.1 Å². The maximum Gasteiger partial charge on any atom is 0.259 e. The average Bonchev–Trinajstić information content (AvgIpc) is 2.58. The van der Waals surface area contributed by atoms with E-state index in [9.17, 15) is 9.18 Å². The van der Waals surface area contributed by atoms with E-state index < -0.39 is 11.7 Å². The third-order valence-electron chi connectivity index (χ3n) is 3.07. The molecule has 100 valence electrons. The third-order valence-corrected chi connectivity index (χ3v) is 3.07. The summed E-state index contributed by atoms with van der Waals surface area (Å²) in [7, 11) is 0. The summed E-state index contributed by atoms with van der Waals surface area (Å²) in [4.78, 5) is 12.2. The highest BCUT2D eigenvalue weighted by Gasteiger charge is 2.20. The van der Waals surface area contributed by atoms with Gasteiger partial charge in [0, 0.05) is 5.56 Å². The van der Waals surface area contributed by atoms with E-state index >= 15 is 0 Å². The SMILES string of the molecule is Cc1oc(C)c(C(=O)Nc2c(N)cccc2F)c1C. The molecule has 1 amide bonds. The van der Waals surface area contributed by atoms with E-state index in [1.165, 1.54) is 18.2 Å². The summed E-state index contributed by atoms with van der Waals surface area (Å²) >= 11 is 0. The van der Waals surface area contributed by atoms with Crippen LogP contribution in [0.3, 0.4) is 0 Å². The first-order valence-electron chi connectivity index (χ1n) is 5.83. The van der Waals surface area contributed by atoms with E-state index in [2.05, 4.69) is 5.32 Å². The lowest BCUT2D eigenvalue weighted by Crippen LogP contribution is -2.15. The zero-order valence-corrected chi connectivity index (χ0v) is 11.0. The molecule has 0 fully saturated rings. The number of amides is 1. The molecule has 0 aliphatic carbocycles. The smallest absolute Gasteiger partial charge is 0.259 e. The maximum absolute atomic E-state index is 13.6. The minimum atomic E-state index is -0.566. The zero-order chi connectivity index (χ0) is 14.2. The number of furan rings is 1. The minimum absolute atomic E-state index is 0.00912. The standard InChI is InChI=1S/C14H15FN2O2/c1-7-8(2)19-9(3)12(7)14(18)17-13-10(15)5-4-6-11(13)16/h4-6H,16H2,1-3H3,(H,17,18). The van der Waals surface area contributed by atoms with Gasteiger partial charge in [-0.3, -0.25) is 4.79 Å². The quantitative estimate of drug-likeness (QED) is 0.817. The monoisotopic (exact) mass is 262 g/mol.